The summed E-state index contributed by atoms with van der Waals surface area (Å²) in [6.45, 7) is 9.38. The van der Waals surface area contributed by atoms with Gasteiger partial charge in [-0.3, -0.25) is 0 Å². The van der Waals surface area contributed by atoms with Crippen LogP contribution in [0.1, 0.15) is 46.5 Å². The summed E-state index contributed by atoms with van der Waals surface area (Å²) in [5.41, 5.74) is 0.350. The monoisotopic (exact) mass is 237 g/mol. The molecule has 3 rings (SSSR count). The normalized spacial score (nSPS) is 47.8. The summed E-state index contributed by atoms with van der Waals surface area (Å²) in [5, 5.41) is 3.87. The topological polar surface area (TPSA) is 21.3 Å². The Balaban J connectivity index is 1.55. The Bertz CT molecular complexity index is 289. The van der Waals surface area contributed by atoms with Gasteiger partial charge in [0.1, 0.15) is 0 Å². The van der Waals surface area contributed by atoms with Crippen molar-refractivity contribution in [3.8, 4) is 0 Å². The van der Waals surface area contributed by atoms with E-state index in [1.807, 2.05) is 0 Å². The van der Waals surface area contributed by atoms with Gasteiger partial charge in [0.15, 0.2) is 0 Å². The molecule has 1 aliphatic heterocycles. The first-order valence-electron chi connectivity index (χ1n) is 7.45. The lowest BCUT2D eigenvalue weighted by Crippen LogP contribution is -2.66. The van der Waals surface area contributed by atoms with Crippen molar-refractivity contribution in [3.05, 3.63) is 0 Å². The maximum atomic E-state index is 5.85. The van der Waals surface area contributed by atoms with Crippen molar-refractivity contribution in [2.75, 3.05) is 13.2 Å². The molecule has 5 unspecified atom stereocenters. The van der Waals surface area contributed by atoms with Crippen molar-refractivity contribution in [3.63, 3.8) is 0 Å². The minimum absolute atomic E-state index is 0.350. The molecular weight excluding hydrogens is 210 g/mol. The average Bonchev–Trinajstić information content (AvgIpc) is 2.87. The highest BCUT2D eigenvalue weighted by Gasteiger charge is 2.59. The summed E-state index contributed by atoms with van der Waals surface area (Å²) < 4.78 is 5.85. The molecule has 2 aliphatic carbocycles. The first-order valence-corrected chi connectivity index (χ1v) is 7.45. The van der Waals surface area contributed by atoms with Gasteiger partial charge in [0, 0.05) is 24.0 Å². The number of hydrogen-bond acceptors (Lipinski definition) is 2. The summed E-state index contributed by atoms with van der Waals surface area (Å²) in [7, 11) is 0. The van der Waals surface area contributed by atoms with E-state index in [0.717, 1.165) is 24.4 Å². The van der Waals surface area contributed by atoms with Crippen molar-refractivity contribution in [1.29, 1.82) is 0 Å². The molecule has 3 aliphatic rings. The standard InChI is InChI=1S/C15H27NO/c1-10-5-4-6-11(10)9-16-13-12-7-8-17-14(12)15(13,2)3/h10-14,16H,4-9H2,1-3H3. The first-order chi connectivity index (χ1) is 8.10. The third-order valence-corrected chi connectivity index (χ3v) is 5.74. The van der Waals surface area contributed by atoms with E-state index in [4.69, 9.17) is 4.74 Å². The van der Waals surface area contributed by atoms with Gasteiger partial charge in [-0.05, 0) is 31.2 Å². The molecule has 0 radical (unpaired) electrons. The van der Waals surface area contributed by atoms with E-state index >= 15 is 0 Å². The third kappa shape index (κ3) is 1.84. The lowest BCUT2D eigenvalue weighted by molar-refractivity contribution is -0.113. The zero-order valence-electron chi connectivity index (χ0n) is 11.5. The van der Waals surface area contributed by atoms with Crippen molar-refractivity contribution >= 4 is 0 Å². The molecule has 0 aromatic heterocycles. The molecule has 2 heteroatoms. The van der Waals surface area contributed by atoms with Crippen LogP contribution in [0.4, 0.5) is 0 Å². The van der Waals surface area contributed by atoms with Crippen molar-refractivity contribution < 1.29 is 4.74 Å². The molecule has 1 saturated heterocycles. The van der Waals surface area contributed by atoms with Crippen LogP contribution in [-0.2, 0) is 4.74 Å². The van der Waals surface area contributed by atoms with E-state index in [1.54, 1.807) is 0 Å². The molecule has 0 spiro atoms. The van der Waals surface area contributed by atoms with E-state index in [1.165, 1.54) is 32.2 Å². The summed E-state index contributed by atoms with van der Waals surface area (Å²) in [5.74, 6) is 2.65. The Morgan fingerprint density at radius 1 is 1.24 bits per heavy atom. The molecule has 17 heavy (non-hydrogen) atoms. The van der Waals surface area contributed by atoms with E-state index < -0.39 is 0 Å². The predicted octanol–water partition coefficient (Wildman–Crippen LogP) is 2.83. The number of fused-ring (bicyclic) bond motifs is 1. The number of hydrogen-bond donors (Lipinski definition) is 1. The lowest BCUT2D eigenvalue weighted by atomic mass is 9.57. The maximum absolute atomic E-state index is 5.85. The van der Waals surface area contributed by atoms with Crippen LogP contribution in [0.3, 0.4) is 0 Å². The number of rotatable bonds is 3. The van der Waals surface area contributed by atoms with Crippen LogP contribution < -0.4 is 5.32 Å². The summed E-state index contributed by atoms with van der Waals surface area (Å²) in [4.78, 5) is 0. The molecule has 0 aromatic carbocycles. The molecule has 2 nitrogen and oxygen atoms in total. The van der Waals surface area contributed by atoms with Gasteiger partial charge in [0.25, 0.3) is 0 Å². The van der Waals surface area contributed by atoms with Crippen LogP contribution in [0.5, 0.6) is 0 Å². The van der Waals surface area contributed by atoms with E-state index in [-0.39, 0.29) is 0 Å². The zero-order valence-corrected chi connectivity index (χ0v) is 11.5. The van der Waals surface area contributed by atoms with Crippen LogP contribution in [0.15, 0.2) is 0 Å². The Morgan fingerprint density at radius 2 is 2.06 bits per heavy atom. The fourth-order valence-electron chi connectivity index (χ4n) is 4.54. The van der Waals surface area contributed by atoms with Crippen molar-refractivity contribution in [2.45, 2.75) is 58.6 Å². The molecule has 1 heterocycles. The third-order valence-electron chi connectivity index (χ3n) is 5.74. The van der Waals surface area contributed by atoms with Crippen LogP contribution in [0.25, 0.3) is 0 Å². The summed E-state index contributed by atoms with van der Waals surface area (Å²) >= 11 is 0. The minimum atomic E-state index is 0.350. The van der Waals surface area contributed by atoms with Gasteiger partial charge in [0.05, 0.1) is 6.10 Å². The Kier molecular flexibility index (Phi) is 2.99. The second kappa shape index (κ2) is 4.24. The van der Waals surface area contributed by atoms with Crippen LogP contribution in [-0.4, -0.2) is 25.3 Å². The highest BCUT2D eigenvalue weighted by atomic mass is 16.5. The van der Waals surface area contributed by atoms with Gasteiger partial charge in [-0.15, -0.1) is 0 Å². The largest absolute Gasteiger partial charge is 0.377 e. The zero-order chi connectivity index (χ0) is 12.0. The van der Waals surface area contributed by atoms with E-state index in [9.17, 15) is 0 Å². The lowest BCUT2D eigenvalue weighted by Gasteiger charge is -2.55. The number of ether oxygens (including phenoxy) is 1. The Morgan fingerprint density at radius 3 is 2.76 bits per heavy atom. The SMILES string of the molecule is CC1CCCC1CNC1C2CCOC2C1(C)C. The van der Waals surface area contributed by atoms with Gasteiger partial charge in [-0.2, -0.15) is 0 Å². The second-order valence-corrected chi connectivity index (χ2v) is 7.12. The minimum Gasteiger partial charge on any atom is -0.377 e. The smallest absolute Gasteiger partial charge is 0.0685 e. The molecule has 0 bridgehead atoms. The molecular formula is C15H27NO. The highest BCUT2D eigenvalue weighted by molar-refractivity contribution is 5.11. The molecule has 0 amide bonds. The molecule has 98 valence electrons. The number of nitrogens with one attached hydrogen (secondary N) is 1. The van der Waals surface area contributed by atoms with Gasteiger partial charge >= 0.3 is 0 Å². The van der Waals surface area contributed by atoms with E-state index in [0.29, 0.717) is 17.6 Å². The molecule has 2 saturated carbocycles. The van der Waals surface area contributed by atoms with Crippen LogP contribution in [0.2, 0.25) is 0 Å². The van der Waals surface area contributed by atoms with Gasteiger partial charge in [-0.25, -0.2) is 0 Å². The molecule has 3 fully saturated rings. The maximum Gasteiger partial charge on any atom is 0.0685 e. The second-order valence-electron chi connectivity index (χ2n) is 7.12. The highest BCUT2D eigenvalue weighted by Crippen LogP contribution is 2.52. The predicted molar refractivity (Wildman–Crippen MR) is 69.9 cm³/mol. The quantitative estimate of drug-likeness (QED) is 0.815. The van der Waals surface area contributed by atoms with Gasteiger partial charge in [-0.1, -0.05) is 33.6 Å². The van der Waals surface area contributed by atoms with Crippen molar-refractivity contribution in [2.24, 2.45) is 23.2 Å². The van der Waals surface area contributed by atoms with Gasteiger partial charge < -0.3 is 10.1 Å². The van der Waals surface area contributed by atoms with Gasteiger partial charge in [0.2, 0.25) is 0 Å². The summed E-state index contributed by atoms with van der Waals surface area (Å²) in [6.07, 6.45) is 6.12. The molecule has 5 atom stereocenters. The molecule has 0 aromatic rings. The van der Waals surface area contributed by atoms with Crippen LogP contribution in [0, 0.1) is 23.2 Å². The Labute approximate surface area is 105 Å². The van der Waals surface area contributed by atoms with Crippen molar-refractivity contribution in [1.82, 2.24) is 5.32 Å². The average molecular weight is 237 g/mol. The Hall–Kier alpha value is -0.0800. The fraction of sp³-hybridized carbons (Fsp3) is 1.00. The van der Waals surface area contributed by atoms with Crippen LogP contribution >= 0.6 is 0 Å². The van der Waals surface area contributed by atoms with E-state index in [2.05, 4.69) is 26.1 Å². The fourth-order valence-corrected chi connectivity index (χ4v) is 4.54. The molecule has 1 N–H and O–H groups in total. The summed E-state index contributed by atoms with van der Waals surface area (Å²) in [6, 6.07) is 0.697. The first kappa shape index (κ1) is 12.0.